The molecule has 2 heterocycles. The Morgan fingerprint density at radius 2 is 2.05 bits per heavy atom. The average molecular weight is 285 g/mol. The van der Waals surface area contributed by atoms with Crippen molar-refractivity contribution in [3.8, 4) is 0 Å². The lowest BCUT2D eigenvalue weighted by atomic mass is 9.94. The van der Waals surface area contributed by atoms with Crippen molar-refractivity contribution in [2.75, 3.05) is 26.2 Å². The van der Waals surface area contributed by atoms with Crippen molar-refractivity contribution in [1.82, 2.24) is 15.2 Å². The summed E-state index contributed by atoms with van der Waals surface area (Å²) in [5.74, 6) is -0.181. The molecule has 1 atom stereocenters. The SMILES string of the molecule is Cc1cnccc1C(c1cccc(F)c1)N1CCNCC1. The van der Waals surface area contributed by atoms with E-state index in [1.165, 1.54) is 11.6 Å². The highest BCUT2D eigenvalue weighted by Crippen LogP contribution is 2.30. The fourth-order valence-corrected chi connectivity index (χ4v) is 3.00. The third-order valence-corrected chi connectivity index (χ3v) is 4.04. The molecule has 1 N–H and O–H groups in total. The minimum atomic E-state index is -0.181. The van der Waals surface area contributed by atoms with Gasteiger partial charge in [0.2, 0.25) is 0 Å². The van der Waals surface area contributed by atoms with E-state index in [0.717, 1.165) is 37.3 Å². The van der Waals surface area contributed by atoms with Gasteiger partial charge >= 0.3 is 0 Å². The number of aromatic nitrogens is 1. The zero-order valence-electron chi connectivity index (χ0n) is 12.2. The largest absolute Gasteiger partial charge is 0.314 e. The number of nitrogens with one attached hydrogen (secondary N) is 1. The van der Waals surface area contributed by atoms with Crippen LogP contribution in [0.3, 0.4) is 0 Å². The van der Waals surface area contributed by atoms with Crippen LogP contribution in [0, 0.1) is 12.7 Å². The smallest absolute Gasteiger partial charge is 0.123 e. The van der Waals surface area contributed by atoms with E-state index in [2.05, 4.69) is 22.1 Å². The molecule has 0 amide bonds. The van der Waals surface area contributed by atoms with Gasteiger partial charge in [0.15, 0.2) is 0 Å². The van der Waals surface area contributed by atoms with Gasteiger partial charge in [0.1, 0.15) is 5.82 Å². The number of piperazine rings is 1. The predicted octanol–water partition coefficient (Wildman–Crippen LogP) is 2.52. The van der Waals surface area contributed by atoms with Crippen molar-refractivity contribution in [3.05, 3.63) is 65.2 Å². The molecular weight excluding hydrogens is 265 g/mol. The molecule has 2 aromatic rings. The van der Waals surface area contributed by atoms with E-state index < -0.39 is 0 Å². The maximum atomic E-state index is 13.7. The van der Waals surface area contributed by atoms with Crippen molar-refractivity contribution >= 4 is 0 Å². The molecule has 0 bridgehead atoms. The number of benzene rings is 1. The van der Waals surface area contributed by atoms with Crippen LogP contribution in [-0.4, -0.2) is 36.1 Å². The molecule has 4 heteroatoms. The van der Waals surface area contributed by atoms with Crippen LogP contribution in [0.2, 0.25) is 0 Å². The van der Waals surface area contributed by atoms with Crippen molar-refractivity contribution in [3.63, 3.8) is 0 Å². The van der Waals surface area contributed by atoms with Gasteiger partial charge in [-0.15, -0.1) is 0 Å². The first-order valence-electron chi connectivity index (χ1n) is 7.36. The second-order valence-electron chi connectivity index (χ2n) is 5.48. The Labute approximate surface area is 124 Å². The number of hydrogen-bond donors (Lipinski definition) is 1. The predicted molar refractivity (Wildman–Crippen MR) is 81.7 cm³/mol. The lowest BCUT2D eigenvalue weighted by molar-refractivity contribution is 0.197. The summed E-state index contributed by atoms with van der Waals surface area (Å²) in [6.45, 7) is 5.93. The molecule has 0 aliphatic carbocycles. The van der Waals surface area contributed by atoms with Gasteiger partial charge in [-0.25, -0.2) is 4.39 Å². The van der Waals surface area contributed by atoms with E-state index >= 15 is 0 Å². The third kappa shape index (κ3) is 3.12. The van der Waals surface area contributed by atoms with Gasteiger partial charge in [0, 0.05) is 38.6 Å². The Hall–Kier alpha value is -1.78. The Morgan fingerprint density at radius 1 is 1.24 bits per heavy atom. The second kappa shape index (κ2) is 6.33. The molecule has 1 aliphatic heterocycles. The van der Waals surface area contributed by atoms with E-state index in [-0.39, 0.29) is 11.9 Å². The van der Waals surface area contributed by atoms with Crippen molar-refractivity contribution in [2.45, 2.75) is 13.0 Å². The molecule has 3 rings (SSSR count). The third-order valence-electron chi connectivity index (χ3n) is 4.04. The second-order valence-corrected chi connectivity index (χ2v) is 5.48. The molecule has 110 valence electrons. The molecule has 1 aromatic heterocycles. The Kier molecular flexibility index (Phi) is 4.27. The van der Waals surface area contributed by atoms with Gasteiger partial charge in [-0.3, -0.25) is 9.88 Å². The Balaban J connectivity index is 2.04. The standard InChI is InChI=1S/C17H20FN3/c1-13-12-20-6-5-16(13)17(21-9-7-19-8-10-21)14-3-2-4-15(18)11-14/h2-6,11-12,17,19H,7-10H2,1H3. The normalized spacial score (nSPS) is 17.6. The Morgan fingerprint density at radius 3 is 2.76 bits per heavy atom. The van der Waals surface area contributed by atoms with Gasteiger partial charge in [-0.05, 0) is 41.8 Å². The summed E-state index contributed by atoms with van der Waals surface area (Å²) in [6, 6.07) is 9.08. The van der Waals surface area contributed by atoms with E-state index in [4.69, 9.17) is 0 Å². The maximum Gasteiger partial charge on any atom is 0.123 e. The average Bonchev–Trinajstić information content (AvgIpc) is 2.51. The molecular formula is C17H20FN3. The van der Waals surface area contributed by atoms with Crippen molar-refractivity contribution < 1.29 is 4.39 Å². The number of rotatable bonds is 3. The zero-order valence-corrected chi connectivity index (χ0v) is 12.2. The highest BCUT2D eigenvalue weighted by molar-refractivity contribution is 5.35. The minimum Gasteiger partial charge on any atom is -0.314 e. The van der Waals surface area contributed by atoms with Crippen LogP contribution in [-0.2, 0) is 0 Å². The lowest BCUT2D eigenvalue weighted by Gasteiger charge is -2.36. The highest BCUT2D eigenvalue weighted by atomic mass is 19.1. The molecule has 3 nitrogen and oxygen atoms in total. The van der Waals surface area contributed by atoms with Gasteiger partial charge in [0.05, 0.1) is 6.04 Å². The molecule has 1 fully saturated rings. The van der Waals surface area contributed by atoms with Crippen LogP contribution in [0.25, 0.3) is 0 Å². The summed E-state index contributed by atoms with van der Waals surface area (Å²) in [4.78, 5) is 6.59. The van der Waals surface area contributed by atoms with E-state index in [1.54, 1.807) is 12.1 Å². The number of aryl methyl sites for hydroxylation is 1. The summed E-state index contributed by atoms with van der Waals surface area (Å²) in [7, 11) is 0. The zero-order chi connectivity index (χ0) is 14.7. The summed E-state index contributed by atoms with van der Waals surface area (Å²) in [6.07, 6.45) is 3.70. The monoisotopic (exact) mass is 285 g/mol. The van der Waals surface area contributed by atoms with E-state index in [9.17, 15) is 4.39 Å². The van der Waals surface area contributed by atoms with Crippen LogP contribution in [0.4, 0.5) is 4.39 Å². The fourth-order valence-electron chi connectivity index (χ4n) is 3.00. The summed E-state index contributed by atoms with van der Waals surface area (Å²) in [5, 5.41) is 3.37. The van der Waals surface area contributed by atoms with Gasteiger partial charge in [-0.2, -0.15) is 0 Å². The van der Waals surface area contributed by atoms with Crippen LogP contribution in [0.1, 0.15) is 22.7 Å². The molecule has 1 aliphatic rings. The molecule has 1 aromatic carbocycles. The van der Waals surface area contributed by atoms with Gasteiger partial charge < -0.3 is 5.32 Å². The number of nitrogens with zero attached hydrogens (tertiary/aromatic N) is 2. The molecule has 21 heavy (non-hydrogen) atoms. The lowest BCUT2D eigenvalue weighted by Crippen LogP contribution is -2.45. The van der Waals surface area contributed by atoms with Crippen LogP contribution in [0.5, 0.6) is 0 Å². The summed E-state index contributed by atoms with van der Waals surface area (Å²) >= 11 is 0. The molecule has 1 unspecified atom stereocenters. The highest BCUT2D eigenvalue weighted by Gasteiger charge is 2.25. The molecule has 1 saturated heterocycles. The molecule has 0 spiro atoms. The van der Waals surface area contributed by atoms with Crippen LogP contribution >= 0.6 is 0 Å². The van der Waals surface area contributed by atoms with E-state index in [1.807, 2.05) is 24.5 Å². The fraction of sp³-hybridized carbons (Fsp3) is 0.353. The van der Waals surface area contributed by atoms with Crippen molar-refractivity contribution in [1.29, 1.82) is 0 Å². The number of halogens is 1. The topological polar surface area (TPSA) is 28.2 Å². The summed E-state index contributed by atoms with van der Waals surface area (Å²) < 4.78 is 13.7. The van der Waals surface area contributed by atoms with E-state index in [0.29, 0.717) is 0 Å². The van der Waals surface area contributed by atoms with Crippen LogP contribution < -0.4 is 5.32 Å². The summed E-state index contributed by atoms with van der Waals surface area (Å²) in [5.41, 5.74) is 3.36. The van der Waals surface area contributed by atoms with Crippen LogP contribution in [0.15, 0.2) is 42.7 Å². The molecule has 0 saturated carbocycles. The Bertz CT molecular complexity index is 608. The maximum absolute atomic E-state index is 13.7. The minimum absolute atomic E-state index is 0.0887. The first-order chi connectivity index (χ1) is 10.3. The molecule has 0 radical (unpaired) electrons. The number of hydrogen-bond acceptors (Lipinski definition) is 3. The van der Waals surface area contributed by atoms with Gasteiger partial charge in [0.25, 0.3) is 0 Å². The first-order valence-corrected chi connectivity index (χ1v) is 7.36. The van der Waals surface area contributed by atoms with Crippen molar-refractivity contribution in [2.24, 2.45) is 0 Å². The first kappa shape index (κ1) is 14.2. The number of pyridine rings is 1. The quantitative estimate of drug-likeness (QED) is 0.939. The van der Waals surface area contributed by atoms with Gasteiger partial charge in [-0.1, -0.05) is 12.1 Å².